The van der Waals surface area contributed by atoms with Crippen LogP contribution in [0.15, 0.2) is 59.8 Å². The van der Waals surface area contributed by atoms with Crippen LogP contribution in [0.2, 0.25) is 0 Å². The van der Waals surface area contributed by atoms with Crippen LogP contribution in [-0.2, 0) is 12.1 Å². The zero-order chi connectivity index (χ0) is 32.1. The van der Waals surface area contributed by atoms with E-state index in [4.69, 9.17) is 34.8 Å². The molecule has 0 radical (unpaired) electrons. The molecule has 2 aliphatic carbocycles. The van der Waals surface area contributed by atoms with Gasteiger partial charge in [0.2, 0.25) is 11.9 Å². The zero-order valence-corrected chi connectivity index (χ0v) is 25.4. The largest absolute Gasteiger partial charge is 0.497 e. The standard InChI is InChI=1S/C32H31F2N9O3/c1-44-22-9-7-18(26(13-22)46-3)14-37-30-38-27-23(5-4-6-25(27)45-2)29-39-28(40-43(29)30)20-11-19(12-20)24-10-8-21(15-36-24)31(41-42-35)16-32(33,34)17-31/h4-10,13,15,19-20H,11-12,14,16-17H2,1-3H3,(H,37,38). The number of pyridine rings is 1. The highest BCUT2D eigenvalue weighted by atomic mass is 19.3. The Kier molecular flexibility index (Phi) is 7.23. The van der Waals surface area contributed by atoms with Gasteiger partial charge in [0, 0.05) is 65.0 Å². The Labute approximate surface area is 262 Å². The quantitative estimate of drug-likeness (QED) is 0.1000. The molecule has 2 aliphatic rings. The molecule has 0 saturated heterocycles. The lowest BCUT2D eigenvalue weighted by molar-refractivity contribution is -0.124. The molecular weight excluding hydrogens is 596 g/mol. The van der Waals surface area contributed by atoms with Crippen molar-refractivity contribution in [2.45, 2.75) is 55.5 Å². The van der Waals surface area contributed by atoms with Gasteiger partial charge in [-0.25, -0.2) is 18.7 Å². The van der Waals surface area contributed by atoms with E-state index in [1.807, 2.05) is 42.5 Å². The summed E-state index contributed by atoms with van der Waals surface area (Å²) in [5.41, 5.74) is 11.3. The second kappa shape index (κ2) is 11.3. The van der Waals surface area contributed by atoms with Crippen LogP contribution in [0.4, 0.5) is 14.7 Å². The zero-order valence-electron chi connectivity index (χ0n) is 25.4. The molecule has 12 nitrogen and oxygen atoms in total. The van der Waals surface area contributed by atoms with Crippen LogP contribution < -0.4 is 19.5 Å². The van der Waals surface area contributed by atoms with Crippen molar-refractivity contribution < 1.29 is 23.0 Å². The number of nitrogens with one attached hydrogen (secondary N) is 1. The Morgan fingerprint density at radius 3 is 2.48 bits per heavy atom. The molecule has 7 rings (SSSR count). The Balaban J connectivity index is 1.14. The lowest BCUT2D eigenvalue weighted by atomic mass is 9.69. The molecule has 2 fully saturated rings. The molecule has 0 bridgehead atoms. The average Bonchev–Trinajstić information content (AvgIpc) is 3.47. The molecule has 2 aromatic carbocycles. The Morgan fingerprint density at radius 2 is 1.80 bits per heavy atom. The minimum atomic E-state index is -2.83. The first-order valence-electron chi connectivity index (χ1n) is 14.8. The first-order valence-corrected chi connectivity index (χ1v) is 14.8. The van der Waals surface area contributed by atoms with Crippen LogP contribution >= 0.6 is 0 Å². The van der Waals surface area contributed by atoms with Crippen LogP contribution in [0, 0.1) is 0 Å². The molecule has 0 unspecified atom stereocenters. The maximum Gasteiger partial charge on any atom is 0.250 e. The number of nitrogens with zero attached hydrogens (tertiary/aromatic N) is 8. The molecule has 0 spiro atoms. The van der Waals surface area contributed by atoms with E-state index in [1.54, 1.807) is 38.1 Å². The summed E-state index contributed by atoms with van der Waals surface area (Å²) >= 11 is 0. The minimum Gasteiger partial charge on any atom is -0.497 e. The van der Waals surface area contributed by atoms with Crippen molar-refractivity contribution in [3.63, 3.8) is 0 Å². The molecule has 3 heterocycles. The third kappa shape index (κ3) is 5.04. The van der Waals surface area contributed by atoms with Crippen molar-refractivity contribution in [3.8, 4) is 17.2 Å². The molecule has 5 aromatic rings. The van der Waals surface area contributed by atoms with Crippen LogP contribution in [0.5, 0.6) is 17.2 Å². The van der Waals surface area contributed by atoms with E-state index in [-0.39, 0.29) is 11.8 Å². The van der Waals surface area contributed by atoms with Gasteiger partial charge >= 0.3 is 0 Å². The Morgan fingerprint density at radius 1 is 1.00 bits per heavy atom. The SMILES string of the molecule is COc1ccc(CNc2nc3c(OC)cccc3c3nc(C4CC(c5ccc(C6(N=[N+]=[N-])CC(F)(F)C6)cn5)C4)nn23)c(OC)c1. The van der Waals surface area contributed by atoms with Crippen molar-refractivity contribution in [3.05, 3.63) is 87.8 Å². The maximum absolute atomic E-state index is 13.7. The van der Waals surface area contributed by atoms with Crippen molar-refractivity contribution in [2.24, 2.45) is 5.11 Å². The third-order valence-electron chi connectivity index (χ3n) is 9.02. The Bertz CT molecular complexity index is 1980. The first kappa shape index (κ1) is 29.5. The highest BCUT2D eigenvalue weighted by molar-refractivity contribution is 5.96. The van der Waals surface area contributed by atoms with Gasteiger partial charge < -0.3 is 19.5 Å². The van der Waals surface area contributed by atoms with Gasteiger partial charge in [-0.1, -0.05) is 17.2 Å². The molecule has 3 aromatic heterocycles. The molecule has 236 valence electrons. The van der Waals surface area contributed by atoms with E-state index >= 15 is 0 Å². The summed E-state index contributed by atoms with van der Waals surface area (Å²) < 4.78 is 45.6. The van der Waals surface area contributed by atoms with Crippen LogP contribution in [-0.4, -0.2) is 51.8 Å². The minimum absolute atomic E-state index is 0.0985. The second-order valence-electron chi connectivity index (χ2n) is 11.8. The van der Waals surface area contributed by atoms with Crippen LogP contribution in [0.25, 0.3) is 27.0 Å². The maximum atomic E-state index is 13.7. The van der Waals surface area contributed by atoms with Gasteiger partial charge in [0.25, 0.3) is 0 Å². The lowest BCUT2D eigenvalue weighted by Gasteiger charge is -2.44. The summed E-state index contributed by atoms with van der Waals surface area (Å²) in [6.07, 6.45) is 2.12. The number of ether oxygens (including phenoxy) is 3. The van der Waals surface area contributed by atoms with Gasteiger partial charge in [-0.15, -0.1) is 5.10 Å². The molecule has 0 atom stereocenters. The molecule has 2 saturated carbocycles. The summed E-state index contributed by atoms with van der Waals surface area (Å²) in [6, 6.07) is 14.9. The summed E-state index contributed by atoms with van der Waals surface area (Å²) in [5, 5.41) is 12.8. The predicted molar refractivity (Wildman–Crippen MR) is 166 cm³/mol. The topological polar surface area (TPSA) is 144 Å². The van der Waals surface area contributed by atoms with E-state index in [0.29, 0.717) is 52.3 Å². The fraction of sp³-hybridized carbons (Fsp3) is 0.375. The van der Waals surface area contributed by atoms with Crippen LogP contribution in [0.1, 0.15) is 60.2 Å². The van der Waals surface area contributed by atoms with Crippen molar-refractivity contribution >= 4 is 22.5 Å². The number of fused-ring (bicyclic) bond motifs is 3. The van der Waals surface area contributed by atoms with E-state index in [9.17, 15) is 8.78 Å². The lowest BCUT2D eigenvalue weighted by Crippen LogP contribution is -2.47. The van der Waals surface area contributed by atoms with Gasteiger partial charge in [0.15, 0.2) is 11.5 Å². The van der Waals surface area contributed by atoms with E-state index in [2.05, 4.69) is 20.3 Å². The van der Waals surface area contributed by atoms with Crippen molar-refractivity contribution in [1.82, 2.24) is 24.6 Å². The molecule has 14 heteroatoms. The summed E-state index contributed by atoms with van der Waals surface area (Å²) in [7, 11) is 4.83. The monoisotopic (exact) mass is 627 g/mol. The fourth-order valence-corrected chi connectivity index (χ4v) is 6.46. The Hall–Kier alpha value is -5.23. The normalized spacial score (nSPS) is 19.5. The number of alkyl halides is 2. The summed E-state index contributed by atoms with van der Waals surface area (Å²) in [6.45, 7) is 0.414. The number of benzene rings is 2. The number of methoxy groups -OCH3 is 3. The number of halogens is 2. The first-order chi connectivity index (χ1) is 22.3. The summed E-state index contributed by atoms with van der Waals surface area (Å²) in [5.74, 6) is 0.644. The van der Waals surface area contributed by atoms with Gasteiger partial charge in [-0.3, -0.25) is 4.98 Å². The average molecular weight is 628 g/mol. The molecule has 46 heavy (non-hydrogen) atoms. The predicted octanol–water partition coefficient (Wildman–Crippen LogP) is 6.91. The van der Waals surface area contributed by atoms with Crippen molar-refractivity contribution in [1.29, 1.82) is 0 Å². The number of rotatable bonds is 10. The van der Waals surface area contributed by atoms with Gasteiger partial charge in [-0.2, -0.15) is 4.52 Å². The molecule has 0 amide bonds. The highest BCUT2D eigenvalue weighted by Crippen LogP contribution is 2.54. The second-order valence-corrected chi connectivity index (χ2v) is 11.8. The highest BCUT2D eigenvalue weighted by Gasteiger charge is 2.57. The van der Waals surface area contributed by atoms with E-state index < -0.39 is 24.3 Å². The number of hydrogen-bond acceptors (Lipinski definition) is 9. The molecule has 1 N–H and O–H groups in total. The smallest absolute Gasteiger partial charge is 0.250 e. The number of anilines is 1. The van der Waals surface area contributed by atoms with Crippen LogP contribution in [0.3, 0.4) is 0 Å². The number of azide groups is 1. The van der Waals surface area contributed by atoms with E-state index in [0.717, 1.165) is 29.5 Å². The van der Waals surface area contributed by atoms with Gasteiger partial charge in [-0.05, 0) is 54.3 Å². The number of hydrogen-bond donors (Lipinski definition) is 1. The van der Waals surface area contributed by atoms with E-state index in [1.165, 1.54) is 0 Å². The summed E-state index contributed by atoms with van der Waals surface area (Å²) in [4.78, 5) is 17.3. The van der Waals surface area contributed by atoms with Crippen molar-refractivity contribution in [2.75, 3.05) is 26.6 Å². The number of para-hydroxylation sites is 1. The van der Waals surface area contributed by atoms with Gasteiger partial charge in [0.1, 0.15) is 22.8 Å². The molecular formula is C32H31F2N9O3. The van der Waals surface area contributed by atoms with Gasteiger partial charge in [0.05, 0.1) is 26.9 Å². The molecule has 0 aliphatic heterocycles. The fourth-order valence-electron chi connectivity index (χ4n) is 6.46. The number of aromatic nitrogens is 5. The third-order valence-corrected chi connectivity index (χ3v) is 9.02.